The second-order valence-electron chi connectivity index (χ2n) is 5.10. The summed E-state index contributed by atoms with van der Waals surface area (Å²) in [5, 5.41) is 6.75. The molecule has 1 aromatic carbocycles. The lowest BCUT2D eigenvalue weighted by molar-refractivity contribution is 0.333. The zero-order valence-electron chi connectivity index (χ0n) is 10.6. The van der Waals surface area contributed by atoms with E-state index in [0.29, 0.717) is 6.04 Å². The van der Waals surface area contributed by atoms with Crippen LogP contribution in [0.3, 0.4) is 0 Å². The van der Waals surface area contributed by atoms with Gasteiger partial charge in [0.1, 0.15) is 5.01 Å². The minimum Gasteiger partial charge on any atom is -0.310 e. The maximum atomic E-state index is 4.34. The molecule has 1 aliphatic rings. The molecule has 18 heavy (non-hydrogen) atoms. The molecule has 1 N–H and O–H groups in total. The summed E-state index contributed by atoms with van der Waals surface area (Å²) in [5.41, 5.74) is 2.63. The van der Waals surface area contributed by atoms with Gasteiger partial charge in [-0.25, -0.2) is 4.98 Å². The van der Waals surface area contributed by atoms with Crippen molar-refractivity contribution in [1.29, 1.82) is 0 Å². The first kappa shape index (κ1) is 11.9. The van der Waals surface area contributed by atoms with Crippen LogP contribution in [0.25, 0.3) is 10.6 Å². The quantitative estimate of drug-likeness (QED) is 0.884. The van der Waals surface area contributed by atoms with Crippen molar-refractivity contribution in [1.82, 2.24) is 10.3 Å². The zero-order chi connectivity index (χ0) is 12.4. The van der Waals surface area contributed by atoms with Crippen molar-refractivity contribution in [2.45, 2.75) is 25.8 Å². The van der Waals surface area contributed by atoms with Gasteiger partial charge in [0, 0.05) is 23.2 Å². The van der Waals surface area contributed by atoms with Crippen LogP contribution >= 0.6 is 11.3 Å². The Balaban J connectivity index is 1.75. The Labute approximate surface area is 112 Å². The summed E-state index contributed by atoms with van der Waals surface area (Å²) in [6, 6.07) is 9.39. The first-order valence-electron chi connectivity index (χ1n) is 6.56. The topological polar surface area (TPSA) is 24.9 Å². The van der Waals surface area contributed by atoms with Crippen molar-refractivity contribution in [3.05, 3.63) is 41.4 Å². The van der Waals surface area contributed by atoms with Gasteiger partial charge in [0.15, 0.2) is 0 Å². The molecule has 1 aromatic heterocycles. The molecule has 0 spiro atoms. The summed E-state index contributed by atoms with van der Waals surface area (Å²) in [6.45, 7) is 3.45. The third-order valence-corrected chi connectivity index (χ3v) is 4.48. The van der Waals surface area contributed by atoms with Crippen LogP contribution < -0.4 is 5.32 Å². The van der Waals surface area contributed by atoms with E-state index in [2.05, 4.69) is 41.5 Å². The molecule has 2 aromatic rings. The summed E-state index contributed by atoms with van der Waals surface area (Å²) >= 11 is 1.69. The highest BCUT2D eigenvalue weighted by atomic mass is 32.1. The second-order valence-corrected chi connectivity index (χ2v) is 6.00. The molecular weight excluding hydrogens is 240 g/mol. The predicted octanol–water partition coefficient (Wildman–Crippen LogP) is 3.87. The van der Waals surface area contributed by atoms with Crippen LogP contribution in [0.2, 0.25) is 0 Å². The largest absolute Gasteiger partial charge is 0.310 e. The number of aromatic nitrogens is 1. The summed E-state index contributed by atoms with van der Waals surface area (Å²) in [5.74, 6) is 0.816. The van der Waals surface area contributed by atoms with Crippen molar-refractivity contribution >= 4 is 11.3 Å². The van der Waals surface area contributed by atoms with Crippen LogP contribution in [-0.2, 0) is 0 Å². The van der Waals surface area contributed by atoms with Gasteiger partial charge in [-0.15, -0.1) is 11.3 Å². The summed E-state index contributed by atoms with van der Waals surface area (Å²) in [7, 11) is 0. The van der Waals surface area contributed by atoms with E-state index in [4.69, 9.17) is 0 Å². The average molecular weight is 258 g/mol. The Kier molecular flexibility index (Phi) is 3.43. The number of hydrogen-bond donors (Lipinski definition) is 1. The minimum absolute atomic E-state index is 0.534. The van der Waals surface area contributed by atoms with Gasteiger partial charge in [-0.3, -0.25) is 0 Å². The minimum atomic E-state index is 0.534. The molecule has 3 rings (SSSR count). The fraction of sp³-hybridized carbons (Fsp3) is 0.400. The van der Waals surface area contributed by atoms with Gasteiger partial charge in [0.05, 0.1) is 0 Å². The van der Waals surface area contributed by atoms with Crippen LogP contribution in [0.1, 0.15) is 31.4 Å². The average Bonchev–Trinajstić information content (AvgIpc) is 2.94. The maximum absolute atomic E-state index is 4.34. The lowest BCUT2D eigenvalue weighted by atomic mass is 9.92. The highest BCUT2D eigenvalue weighted by Crippen LogP contribution is 2.28. The van der Waals surface area contributed by atoms with Gasteiger partial charge >= 0.3 is 0 Å². The molecule has 1 saturated heterocycles. The van der Waals surface area contributed by atoms with E-state index in [1.807, 2.05) is 11.6 Å². The lowest BCUT2D eigenvalue weighted by Gasteiger charge is -2.28. The molecule has 1 aliphatic heterocycles. The molecule has 0 aliphatic carbocycles. The molecule has 94 valence electrons. The Morgan fingerprint density at radius 2 is 2.06 bits per heavy atom. The van der Waals surface area contributed by atoms with Crippen LogP contribution in [0.4, 0.5) is 0 Å². The Morgan fingerprint density at radius 3 is 2.67 bits per heavy atom. The highest BCUT2D eigenvalue weighted by molar-refractivity contribution is 7.13. The molecule has 0 saturated carbocycles. The van der Waals surface area contributed by atoms with Gasteiger partial charge in [-0.2, -0.15) is 0 Å². The molecule has 0 unspecified atom stereocenters. The van der Waals surface area contributed by atoms with Crippen molar-refractivity contribution in [3.63, 3.8) is 0 Å². The third-order valence-electron chi connectivity index (χ3n) is 3.65. The standard InChI is InChI=1S/C15H18N2S/c1-11-2-7-14(17-10-11)12-3-5-13(6-4-12)15-16-8-9-18-15/h3-6,8-9,11,14,17H,2,7,10H2,1H3/t11-,14+/m1/s1. The van der Waals surface area contributed by atoms with Crippen molar-refractivity contribution < 1.29 is 0 Å². The molecule has 2 atom stereocenters. The number of nitrogens with one attached hydrogen (secondary N) is 1. The first-order chi connectivity index (χ1) is 8.83. The molecule has 2 nitrogen and oxygen atoms in total. The van der Waals surface area contributed by atoms with Gasteiger partial charge in [-0.05, 0) is 30.9 Å². The molecule has 3 heteroatoms. The molecule has 1 fully saturated rings. The summed E-state index contributed by atoms with van der Waals surface area (Å²) in [4.78, 5) is 4.34. The van der Waals surface area contributed by atoms with Crippen molar-refractivity contribution in [2.24, 2.45) is 5.92 Å². The Hall–Kier alpha value is -1.19. The van der Waals surface area contributed by atoms with Gasteiger partial charge in [0.2, 0.25) is 0 Å². The Bertz CT molecular complexity index is 482. The lowest BCUT2D eigenvalue weighted by Crippen LogP contribution is -2.31. The molecule has 2 heterocycles. The number of nitrogens with zero attached hydrogens (tertiary/aromatic N) is 1. The van der Waals surface area contributed by atoms with E-state index < -0.39 is 0 Å². The smallest absolute Gasteiger partial charge is 0.123 e. The van der Waals surface area contributed by atoms with E-state index in [0.717, 1.165) is 17.5 Å². The van der Waals surface area contributed by atoms with Gasteiger partial charge < -0.3 is 5.32 Å². The number of hydrogen-bond acceptors (Lipinski definition) is 3. The van der Waals surface area contributed by atoms with Crippen LogP contribution in [-0.4, -0.2) is 11.5 Å². The zero-order valence-corrected chi connectivity index (χ0v) is 11.4. The molecule has 0 amide bonds. The monoisotopic (exact) mass is 258 g/mol. The maximum Gasteiger partial charge on any atom is 0.123 e. The number of benzene rings is 1. The van der Waals surface area contributed by atoms with E-state index in [-0.39, 0.29) is 0 Å². The molecule has 0 radical (unpaired) electrons. The highest BCUT2D eigenvalue weighted by Gasteiger charge is 2.18. The number of rotatable bonds is 2. The summed E-state index contributed by atoms with van der Waals surface area (Å²) in [6.07, 6.45) is 4.43. The van der Waals surface area contributed by atoms with Crippen LogP contribution in [0.5, 0.6) is 0 Å². The third kappa shape index (κ3) is 2.47. The normalized spacial score (nSPS) is 24.1. The van der Waals surface area contributed by atoms with Crippen LogP contribution in [0.15, 0.2) is 35.8 Å². The number of thiazole rings is 1. The first-order valence-corrected chi connectivity index (χ1v) is 7.44. The van der Waals surface area contributed by atoms with E-state index >= 15 is 0 Å². The van der Waals surface area contributed by atoms with Gasteiger partial charge in [0.25, 0.3) is 0 Å². The van der Waals surface area contributed by atoms with Crippen molar-refractivity contribution in [3.8, 4) is 10.6 Å². The van der Waals surface area contributed by atoms with E-state index in [1.165, 1.54) is 24.0 Å². The molecular formula is C15H18N2S. The second kappa shape index (κ2) is 5.21. The van der Waals surface area contributed by atoms with E-state index in [1.54, 1.807) is 11.3 Å². The Morgan fingerprint density at radius 1 is 1.22 bits per heavy atom. The van der Waals surface area contributed by atoms with Crippen LogP contribution in [0, 0.1) is 5.92 Å². The number of piperidine rings is 1. The predicted molar refractivity (Wildman–Crippen MR) is 76.7 cm³/mol. The molecule has 0 bridgehead atoms. The summed E-state index contributed by atoms with van der Waals surface area (Å²) < 4.78 is 0. The van der Waals surface area contributed by atoms with E-state index in [9.17, 15) is 0 Å². The van der Waals surface area contributed by atoms with Crippen molar-refractivity contribution in [2.75, 3.05) is 6.54 Å². The fourth-order valence-corrected chi connectivity index (χ4v) is 3.15. The SMILES string of the molecule is C[C@@H]1CC[C@@H](c2ccc(-c3nccs3)cc2)NC1. The van der Waals surface area contributed by atoms with Gasteiger partial charge in [-0.1, -0.05) is 31.2 Å². The fourth-order valence-electron chi connectivity index (χ4n) is 2.51.